The maximum absolute atomic E-state index is 12.2. The molecule has 0 aliphatic carbocycles. The predicted molar refractivity (Wildman–Crippen MR) is 71.3 cm³/mol. The lowest BCUT2D eigenvalue weighted by Crippen LogP contribution is -2.26. The van der Waals surface area contributed by atoms with Gasteiger partial charge in [-0.1, -0.05) is 19.9 Å². The van der Waals surface area contributed by atoms with Crippen LogP contribution in [-0.4, -0.2) is 22.0 Å². The third-order valence-electron chi connectivity index (χ3n) is 3.45. The molecule has 1 aromatic carbocycles. The predicted octanol–water partition coefficient (Wildman–Crippen LogP) is 2.33. The van der Waals surface area contributed by atoms with E-state index >= 15 is 0 Å². The zero-order chi connectivity index (χ0) is 13.6. The highest BCUT2D eigenvalue weighted by atomic mass is 16.5. The number of ether oxygens (including phenoxy) is 1. The monoisotopic (exact) mass is 257 g/mol. The number of hydrogen-bond donors (Lipinski definition) is 1. The molecule has 0 bridgehead atoms. The Hall–Kier alpha value is -1.94. The second-order valence-corrected chi connectivity index (χ2v) is 5.14. The number of aromatic nitrogens is 1. The van der Waals surface area contributed by atoms with Gasteiger partial charge >= 0.3 is 0 Å². The average Bonchev–Trinajstić information content (AvgIpc) is 2.76. The van der Waals surface area contributed by atoms with Gasteiger partial charge in [-0.25, -0.2) is 0 Å². The molecule has 98 valence electrons. The summed E-state index contributed by atoms with van der Waals surface area (Å²) in [6.07, 6.45) is 1.26. The van der Waals surface area contributed by atoms with E-state index in [1.54, 1.807) is 12.3 Å². The normalized spacial score (nSPS) is 17.9. The SMILES string of the molecule is CC(C)C1Oc2c(ccc3cc(CO)ncc23)C1=O. The summed E-state index contributed by atoms with van der Waals surface area (Å²) < 4.78 is 5.82. The number of benzene rings is 1. The zero-order valence-corrected chi connectivity index (χ0v) is 10.9. The van der Waals surface area contributed by atoms with E-state index in [1.165, 1.54) is 0 Å². The highest BCUT2D eigenvalue weighted by Crippen LogP contribution is 2.37. The van der Waals surface area contributed by atoms with Crippen molar-refractivity contribution in [3.05, 3.63) is 35.7 Å². The van der Waals surface area contributed by atoms with Gasteiger partial charge in [-0.3, -0.25) is 9.78 Å². The number of carbonyl (C=O) groups is 1. The number of aliphatic hydroxyl groups excluding tert-OH is 1. The Bertz CT molecular complexity index is 664. The maximum Gasteiger partial charge on any atom is 0.207 e. The third kappa shape index (κ3) is 1.79. The number of pyridine rings is 1. The van der Waals surface area contributed by atoms with Crippen LogP contribution in [0.25, 0.3) is 10.8 Å². The van der Waals surface area contributed by atoms with Crippen molar-refractivity contribution in [1.29, 1.82) is 0 Å². The van der Waals surface area contributed by atoms with Crippen LogP contribution in [0.4, 0.5) is 0 Å². The molecule has 1 aromatic heterocycles. The number of hydrogen-bond acceptors (Lipinski definition) is 4. The van der Waals surface area contributed by atoms with Crippen LogP contribution in [0, 0.1) is 5.92 Å². The molecule has 0 fully saturated rings. The van der Waals surface area contributed by atoms with Gasteiger partial charge < -0.3 is 9.84 Å². The first-order chi connectivity index (χ1) is 9.11. The number of ketones is 1. The molecule has 4 heteroatoms. The van der Waals surface area contributed by atoms with Crippen LogP contribution in [0.2, 0.25) is 0 Å². The van der Waals surface area contributed by atoms with Gasteiger partial charge in [0, 0.05) is 11.6 Å². The van der Waals surface area contributed by atoms with Gasteiger partial charge in [-0.15, -0.1) is 0 Å². The molecule has 1 unspecified atom stereocenters. The number of aliphatic hydroxyl groups is 1. The van der Waals surface area contributed by atoms with Gasteiger partial charge in [0.2, 0.25) is 5.78 Å². The number of Topliss-reactive ketones (excluding diaryl/α,β-unsaturated/α-hetero) is 1. The zero-order valence-electron chi connectivity index (χ0n) is 10.9. The largest absolute Gasteiger partial charge is 0.481 e. The van der Waals surface area contributed by atoms with Gasteiger partial charge in [0.25, 0.3) is 0 Å². The Labute approximate surface area is 111 Å². The second-order valence-electron chi connectivity index (χ2n) is 5.14. The highest BCUT2D eigenvalue weighted by molar-refractivity contribution is 6.09. The quantitative estimate of drug-likeness (QED) is 0.897. The fraction of sp³-hybridized carbons (Fsp3) is 0.333. The summed E-state index contributed by atoms with van der Waals surface area (Å²) in [6.45, 7) is 3.85. The van der Waals surface area contributed by atoms with Crippen LogP contribution < -0.4 is 4.74 Å². The lowest BCUT2D eigenvalue weighted by atomic mass is 9.99. The molecule has 2 heterocycles. The molecule has 3 rings (SSSR count). The molecule has 0 spiro atoms. The lowest BCUT2D eigenvalue weighted by molar-refractivity contribution is 0.0792. The number of fused-ring (bicyclic) bond motifs is 3. The summed E-state index contributed by atoms with van der Waals surface area (Å²) in [7, 11) is 0. The molecule has 1 N–H and O–H groups in total. The van der Waals surface area contributed by atoms with E-state index in [9.17, 15) is 4.79 Å². The van der Waals surface area contributed by atoms with Crippen molar-refractivity contribution < 1.29 is 14.6 Å². The van der Waals surface area contributed by atoms with Gasteiger partial charge in [-0.05, 0) is 23.4 Å². The molecule has 4 nitrogen and oxygen atoms in total. The summed E-state index contributed by atoms with van der Waals surface area (Å²) in [6, 6.07) is 5.48. The number of nitrogens with zero attached hydrogens (tertiary/aromatic N) is 1. The fourth-order valence-corrected chi connectivity index (χ4v) is 2.42. The topological polar surface area (TPSA) is 59.4 Å². The van der Waals surface area contributed by atoms with E-state index in [0.29, 0.717) is 17.0 Å². The first kappa shape index (κ1) is 12.1. The van der Waals surface area contributed by atoms with E-state index in [2.05, 4.69) is 4.98 Å². The van der Waals surface area contributed by atoms with Crippen LogP contribution in [0.5, 0.6) is 5.75 Å². The molecular formula is C15H15NO3. The number of carbonyl (C=O) groups excluding carboxylic acids is 1. The van der Waals surface area contributed by atoms with Crippen LogP contribution in [0.3, 0.4) is 0 Å². The first-order valence-corrected chi connectivity index (χ1v) is 6.35. The van der Waals surface area contributed by atoms with Crippen molar-refractivity contribution in [2.45, 2.75) is 26.6 Å². The molecular weight excluding hydrogens is 242 g/mol. The van der Waals surface area contributed by atoms with Gasteiger partial charge in [-0.2, -0.15) is 0 Å². The minimum atomic E-state index is -0.405. The molecule has 19 heavy (non-hydrogen) atoms. The minimum absolute atomic E-state index is 0.0399. The third-order valence-corrected chi connectivity index (χ3v) is 3.45. The Morgan fingerprint density at radius 3 is 2.89 bits per heavy atom. The lowest BCUT2D eigenvalue weighted by Gasteiger charge is -2.13. The van der Waals surface area contributed by atoms with Crippen molar-refractivity contribution in [2.75, 3.05) is 0 Å². The van der Waals surface area contributed by atoms with Crippen LogP contribution >= 0.6 is 0 Å². The summed E-state index contributed by atoms with van der Waals surface area (Å²) in [5.41, 5.74) is 1.24. The summed E-state index contributed by atoms with van der Waals surface area (Å²) in [5.74, 6) is 0.802. The fourth-order valence-electron chi connectivity index (χ4n) is 2.42. The van der Waals surface area contributed by atoms with E-state index in [1.807, 2.05) is 26.0 Å². The van der Waals surface area contributed by atoms with E-state index in [4.69, 9.17) is 9.84 Å². The van der Waals surface area contributed by atoms with E-state index < -0.39 is 6.10 Å². The summed E-state index contributed by atoms with van der Waals surface area (Å²) in [4.78, 5) is 16.4. The van der Waals surface area contributed by atoms with Crippen molar-refractivity contribution in [3.8, 4) is 5.75 Å². The molecule has 2 aromatic rings. The van der Waals surface area contributed by atoms with Crippen molar-refractivity contribution in [3.63, 3.8) is 0 Å². The Kier molecular flexibility index (Phi) is 2.75. The van der Waals surface area contributed by atoms with Crippen molar-refractivity contribution >= 4 is 16.6 Å². The molecule has 0 saturated heterocycles. The first-order valence-electron chi connectivity index (χ1n) is 6.35. The highest BCUT2D eigenvalue weighted by Gasteiger charge is 2.35. The van der Waals surface area contributed by atoms with Gasteiger partial charge in [0.05, 0.1) is 17.9 Å². The minimum Gasteiger partial charge on any atom is -0.481 e. The Morgan fingerprint density at radius 2 is 2.21 bits per heavy atom. The number of rotatable bonds is 2. The standard InChI is InChI=1S/C15H15NO3/c1-8(2)14-13(18)11-4-3-9-5-10(7-17)16-6-12(9)15(11)19-14/h3-6,8,14,17H,7H2,1-2H3. The molecule has 0 amide bonds. The van der Waals surface area contributed by atoms with Gasteiger partial charge in [0.1, 0.15) is 5.75 Å². The van der Waals surface area contributed by atoms with Crippen LogP contribution in [-0.2, 0) is 6.61 Å². The summed E-state index contributed by atoms with van der Waals surface area (Å²) >= 11 is 0. The molecule has 0 radical (unpaired) electrons. The van der Waals surface area contributed by atoms with Gasteiger partial charge in [0.15, 0.2) is 6.10 Å². The maximum atomic E-state index is 12.2. The molecule has 1 aliphatic rings. The Morgan fingerprint density at radius 1 is 1.42 bits per heavy atom. The molecule has 1 aliphatic heterocycles. The molecule has 1 atom stereocenters. The van der Waals surface area contributed by atoms with Crippen LogP contribution in [0.15, 0.2) is 24.4 Å². The summed E-state index contributed by atoms with van der Waals surface area (Å²) in [5, 5.41) is 10.9. The second kappa shape index (κ2) is 4.31. The van der Waals surface area contributed by atoms with Crippen molar-refractivity contribution in [1.82, 2.24) is 4.98 Å². The average molecular weight is 257 g/mol. The van der Waals surface area contributed by atoms with Crippen LogP contribution in [0.1, 0.15) is 29.9 Å². The smallest absolute Gasteiger partial charge is 0.207 e. The van der Waals surface area contributed by atoms with E-state index in [-0.39, 0.29) is 18.3 Å². The van der Waals surface area contributed by atoms with E-state index in [0.717, 1.165) is 10.8 Å². The molecule has 0 saturated carbocycles. The Balaban J connectivity index is 2.17. The van der Waals surface area contributed by atoms with Crippen molar-refractivity contribution in [2.24, 2.45) is 5.92 Å².